The first-order chi connectivity index (χ1) is 10.7. The number of ether oxygens (including phenoxy) is 1. The van der Waals surface area contributed by atoms with Crippen molar-refractivity contribution in [2.75, 3.05) is 13.2 Å². The van der Waals surface area contributed by atoms with Crippen LogP contribution in [0.15, 0.2) is 17.9 Å². The van der Waals surface area contributed by atoms with Crippen molar-refractivity contribution in [3.05, 3.63) is 29.0 Å². The average Bonchev–Trinajstić information content (AvgIpc) is 2.51. The van der Waals surface area contributed by atoms with Crippen molar-refractivity contribution in [2.24, 2.45) is 0 Å². The Morgan fingerprint density at radius 1 is 1.00 bits per heavy atom. The molecular formula is C13H12Br4O6. The molecule has 10 heteroatoms. The van der Waals surface area contributed by atoms with Crippen LogP contribution in [0.4, 0.5) is 0 Å². The van der Waals surface area contributed by atoms with Crippen LogP contribution in [-0.4, -0.2) is 46.6 Å². The third-order valence-electron chi connectivity index (χ3n) is 2.79. The van der Waals surface area contributed by atoms with Gasteiger partial charge in [-0.25, -0.2) is 9.59 Å². The second-order valence-electron chi connectivity index (χ2n) is 4.43. The van der Waals surface area contributed by atoms with Crippen molar-refractivity contribution < 1.29 is 29.6 Å². The van der Waals surface area contributed by atoms with Crippen LogP contribution in [0.2, 0.25) is 0 Å². The summed E-state index contributed by atoms with van der Waals surface area (Å²) in [4.78, 5) is 23.7. The third-order valence-corrected chi connectivity index (χ3v) is 7.56. The van der Waals surface area contributed by atoms with Gasteiger partial charge in [0.05, 0.1) is 17.2 Å². The number of aliphatic hydroxyl groups is 2. The number of aromatic carboxylic acids is 1. The molecule has 128 valence electrons. The van der Waals surface area contributed by atoms with Crippen molar-refractivity contribution in [1.29, 1.82) is 0 Å². The highest BCUT2D eigenvalue weighted by molar-refractivity contribution is 9.15. The molecule has 0 aromatic heterocycles. The molecule has 1 aromatic carbocycles. The highest BCUT2D eigenvalue weighted by atomic mass is 79.9. The average molecular weight is 584 g/mol. The monoisotopic (exact) mass is 580 g/mol. The van der Waals surface area contributed by atoms with E-state index in [9.17, 15) is 19.8 Å². The SMILES string of the molecule is O=C(O)c1c(Br)c(Br)c(Br)c(Br)c1C(=O)OCC(O)CCCO. The molecule has 0 aliphatic heterocycles. The van der Waals surface area contributed by atoms with Gasteiger partial charge in [-0.3, -0.25) is 0 Å². The van der Waals surface area contributed by atoms with Crippen molar-refractivity contribution in [3.8, 4) is 0 Å². The van der Waals surface area contributed by atoms with E-state index in [2.05, 4.69) is 63.7 Å². The van der Waals surface area contributed by atoms with E-state index in [1.54, 1.807) is 0 Å². The lowest BCUT2D eigenvalue weighted by Gasteiger charge is -2.15. The number of rotatable bonds is 7. The molecule has 0 aliphatic carbocycles. The van der Waals surface area contributed by atoms with E-state index in [1.165, 1.54) is 0 Å². The van der Waals surface area contributed by atoms with Gasteiger partial charge in [-0.2, -0.15) is 0 Å². The van der Waals surface area contributed by atoms with Gasteiger partial charge in [0.2, 0.25) is 0 Å². The van der Waals surface area contributed by atoms with Crippen LogP contribution >= 0.6 is 63.7 Å². The van der Waals surface area contributed by atoms with Crippen LogP contribution in [0.1, 0.15) is 33.6 Å². The molecule has 0 saturated carbocycles. The molecule has 1 aromatic rings. The predicted octanol–water partition coefficient (Wildman–Crippen LogP) is 3.73. The van der Waals surface area contributed by atoms with Crippen LogP contribution < -0.4 is 0 Å². The number of carboxylic acid groups (broad SMARTS) is 1. The van der Waals surface area contributed by atoms with E-state index in [-0.39, 0.29) is 39.7 Å². The summed E-state index contributed by atoms with van der Waals surface area (Å²) >= 11 is 12.8. The van der Waals surface area contributed by atoms with E-state index in [0.29, 0.717) is 15.4 Å². The van der Waals surface area contributed by atoms with Crippen LogP contribution in [-0.2, 0) is 4.74 Å². The Labute approximate surface area is 165 Å². The molecule has 1 rings (SSSR count). The maximum absolute atomic E-state index is 12.3. The molecule has 6 nitrogen and oxygen atoms in total. The van der Waals surface area contributed by atoms with Crippen LogP contribution in [0.25, 0.3) is 0 Å². The standard InChI is InChI=1S/C13H12Br4O6/c14-8-6(12(20)21)7(9(15)11(17)10(8)16)13(22)23-4-5(19)2-1-3-18/h5,18-19H,1-4H2,(H,20,21). The first-order valence-corrected chi connectivity index (χ1v) is 9.44. The number of hydrogen-bond acceptors (Lipinski definition) is 5. The van der Waals surface area contributed by atoms with Crippen molar-refractivity contribution in [2.45, 2.75) is 18.9 Å². The minimum absolute atomic E-state index is 0.0771. The maximum atomic E-state index is 12.3. The van der Waals surface area contributed by atoms with Gasteiger partial charge in [-0.15, -0.1) is 0 Å². The zero-order valence-electron chi connectivity index (χ0n) is 11.5. The normalized spacial score (nSPS) is 12.1. The van der Waals surface area contributed by atoms with Gasteiger partial charge in [-0.1, -0.05) is 0 Å². The van der Waals surface area contributed by atoms with E-state index >= 15 is 0 Å². The lowest BCUT2D eigenvalue weighted by molar-refractivity contribution is 0.0220. The molecular weight excluding hydrogens is 572 g/mol. The van der Waals surface area contributed by atoms with E-state index in [0.717, 1.165) is 0 Å². The van der Waals surface area contributed by atoms with Crippen molar-refractivity contribution in [3.63, 3.8) is 0 Å². The Morgan fingerprint density at radius 2 is 1.52 bits per heavy atom. The number of hydrogen-bond donors (Lipinski definition) is 3. The molecule has 0 saturated heterocycles. The molecule has 1 unspecified atom stereocenters. The number of benzene rings is 1. The number of carbonyl (C=O) groups excluding carboxylic acids is 1. The smallest absolute Gasteiger partial charge is 0.340 e. The Balaban J connectivity index is 3.11. The Kier molecular flexibility index (Phi) is 8.67. The van der Waals surface area contributed by atoms with E-state index in [4.69, 9.17) is 9.84 Å². The quantitative estimate of drug-likeness (QED) is 0.257. The van der Waals surface area contributed by atoms with Crippen molar-refractivity contribution in [1.82, 2.24) is 0 Å². The zero-order valence-corrected chi connectivity index (χ0v) is 17.8. The van der Waals surface area contributed by atoms with Crippen molar-refractivity contribution >= 4 is 75.7 Å². The second-order valence-corrected chi connectivity index (χ2v) is 7.60. The molecule has 0 spiro atoms. The van der Waals surface area contributed by atoms with Gasteiger partial charge < -0.3 is 20.1 Å². The van der Waals surface area contributed by atoms with Gasteiger partial charge in [0.15, 0.2) is 0 Å². The lowest BCUT2D eigenvalue weighted by Crippen LogP contribution is -2.21. The summed E-state index contributed by atoms with van der Waals surface area (Å²) in [6.07, 6.45) is -0.289. The molecule has 0 amide bonds. The Hall–Kier alpha value is -0.000000000000000153. The number of esters is 1. The van der Waals surface area contributed by atoms with Gasteiger partial charge in [0.1, 0.15) is 6.61 Å². The molecule has 0 heterocycles. The van der Waals surface area contributed by atoms with Gasteiger partial charge >= 0.3 is 11.9 Å². The fourth-order valence-corrected chi connectivity index (χ4v) is 4.13. The highest BCUT2D eigenvalue weighted by Gasteiger charge is 2.29. The van der Waals surface area contributed by atoms with Gasteiger partial charge in [0.25, 0.3) is 0 Å². The van der Waals surface area contributed by atoms with E-state index in [1.807, 2.05) is 0 Å². The zero-order chi connectivity index (χ0) is 17.7. The summed E-state index contributed by atoms with van der Waals surface area (Å²) in [6.45, 7) is -0.373. The third kappa shape index (κ3) is 5.23. The fraction of sp³-hybridized carbons (Fsp3) is 0.385. The number of carbonyl (C=O) groups is 2. The van der Waals surface area contributed by atoms with E-state index < -0.39 is 18.0 Å². The van der Waals surface area contributed by atoms with Gasteiger partial charge in [0, 0.05) is 24.5 Å². The van der Waals surface area contributed by atoms with Crippen LogP contribution in [0.5, 0.6) is 0 Å². The van der Waals surface area contributed by atoms with Crippen LogP contribution in [0, 0.1) is 0 Å². The summed E-state index contributed by atoms with van der Waals surface area (Å²) in [5, 5.41) is 27.7. The molecule has 0 aliphatic rings. The summed E-state index contributed by atoms with van der Waals surface area (Å²) < 4.78 is 6.28. The maximum Gasteiger partial charge on any atom is 0.340 e. The summed E-state index contributed by atoms with van der Waals surface area (Å²) in [7, 11) is 0. The number of aliphatic hydroxyl groups excluding tert-OH is 2. The number of halogens is 4. The predicted molar refractivity (Wildman–Crippen MR) is 96.8 cm³/mol. The second kappa shape index (κ2) is 9.47. The minimum Gasteiger partial charge on any atom is -0.478 e. The topological polar surface area (TPSA) is 104 Å². The molecule has 0 radical (unpaired) electrons. The molecule has 0 bridgehead atoms. The fourth-order valence-electron chi connectivity index (χ4n) is 1.68. The summed E-state index contributed by atoms with van der Waals surface area (Å²) in [6, 6.07) is 0. The minimum atomic E-state index is -1.31. The first-order valence-electron chi connectivity index (χ1n) is 6.27. The summed E-state index contributed by atoms with van der Waals surface area (Å²) in [5.74, 6) is -2.19. The van der Waals surface area contributed by atoms with Gasteiger partial charge in [-0.05, 0) is 76.6 Å². The Morgan fingerprint density at radius 3 is 2.00 bits per heavy atom. The first kappa shape index (κ1) is 21.0. The largest absolute Gasteiger partial charge is 0.478 e. The molecule has 23 heavy (non-hydrogen) atoms. The molecule has 0 fully saturated rings. The summed E-state index contributed by atoms with van der Waals surface area (Å²) in [5.41, 5.74) is -0.435. The highest BCUT2D eigenvalue weighted by Crippen LogP contribution is 2.42. The van der Waals surface area contributed by atoms with Crippen LogP contribution in [0.3, 0.4) is 0 Å². The Bertz CT molecular complexity index is 619. The molecule has 1 atom stereocenters. The molecule has 3 N–H and O–H groups in total. The lowest BCUT2D eigenvalue weighted by atomic mass is 10.1. The number of carboxylic acids is 1.